The summed E-state index contributed by atoms with van der Waals surface area (Å²) in [4.78, 5) is 52.9. The first-order valence-corrected chi connectivity index (χ1v) is 15.3. The Balaban J connectivity index is 1.30. The van der Waals surface area contributed by atoms with Gasteiger partial charge in [0.05, 0.1) is 22.3 Å². The van der Waals surface area contributed by atoms with E-state index in [1.807, 2.05) is 24.3 Å². The normalized spacial score (nSPS) is 10.9. The van der Waals surface area contributed by atoms with Crippen molar-refractivity contribution in [3.63, 3.8) is 0 Å². The lowest BCUT2D eigenvalue weighted by atomic mass is 10.0. The fourth-order valence-corrected chi connectivity index (χ4v) is 7.12. The molecular formula is C36H22O7S2. The fraction of sp³-hybridized carbons (Fsp3) is 0. The van der Waals surface area contributed by atoms with Crippen molar-refractivity contribution in [2.45, 2.75) is 19.6 Å². The number of esters is 2. The van der Waals surface area contributed by atoms with Crippen LogP contribution >= 0.6 is 23.5 Å². The summed E-state index contributed by atoms with van der Waals surface area (Å²) in [5.74, 6) is -3.72. The Hall–Kier alpha value is -5.38. The summed E-state index contributed by atoms with van der Waals surface area (Å²) in [6.45, 7) is 0. The second-order valence-electron chi connectivity index (χ2n) is 9.80. The molecule has 0 radical (unpaired) electrons. The number of benzene rings is 6. The van der Waals surface area contributed by atoms with E-state index in [0.29, 0.717) is 31.3 Å². The van der Waals surface area contributed by atoms with Crippen LogP contribution in [0.3, 0.4) is 0 Å². The predicted molar refractivity (Wildman–Crippen MR) is 173 cm³/mol. The van der Waals surface area contributed by atoms with Crippen LogP contribution in [0.5, 0.6) is 0 Å². The minimum Gasteiger partial charge on any atom is -0.478 e. The first kappa shape index (κ1) is 29.7. The van der Waals surface area contributed by atoms with Crippen LogP contribution in [0.2, 0.25) is 0 Å². The minimum atomic E-state index is -1.04. The quantitative estimate of drug-likeness (QED) is 0.126. The Bertz CT molecular complexity index is 2000. The molecule has 0 atom stereocenters. The molecule has 0 aliphatic heterocycles. The number of fused-ring (bicyclic) bond motifs is 2. The number of ether oxygens (including phenoxy) is 1. The van der Waals surface area contributed by atoms with Gasteiger partial charge in [0.25, 0.3) is 0 Å². The van der Waals surface area contributed by atoms with Gasteiger partial charge >= 0.3 is 23.9 Å². The average molecular weight is 631 g/mol. The predicted octanol–water partition coefficient (Wildman–Crippen LogP) is 8.69. The summed E-state index contributed by atoms with van der Waals surface area (Å²) >= 11 is 2.55. The zero-order valence-electron chi connectivity index (χ0n) is 23.3. The molecule has 0 aromatic heterocycles. The fourth-order valence-electron chi connectivity index (χ4n) is 4.97. The second kappa shape index (κ2) is 12.7. The Labute approximate surface area is 265 Å². The molecule has 6 rings (SSSR count). The molecule has 6 aromatic carbocycles. The second-order valence-corrected chi connectivity index (χ2v) is 12.0. The molecule has 0 heterocycles. The molecule has 0 amide bonds. The topological polar surface area (TPSA) is 118 Å². The van der Waals surface area contributed by atoms with Gasteiger partial charge in [0, 0.05) is 19.6 Å². The van der Waals surface area contributed by atoms with Crippen LogP contribution in [0.4, 0.5) is 0 Å². The van der Waals surface area contributed by atoms with E-state index >= 15 is 0 Å². The van der Waals surface area contributed by atoms with Crippen LogP contribution < -0.4 is 0 Å². The smallest absolute Gasteiger partial charge is 0.346 e. The van der Waals surface area contributed by atoms with Crippen molar-refractivity contribution in [1.82, 2.24) is 0 Å². The molecule has 0 saturated heterocycles. The lowest BCUT2D eigenvalue weighted by molar-refractivity contribution is 0.0399. The lowest BCUT2D eigenvalue weighted by Gasteiger charge is -2.13. The molecule has 0 fully saturated rings. The number of carbonyl (C=O) groups is 4. The third-order valence-electron chi connectivity index (χ3n) is 7.07. The maximum Gasteiger partial charge on any atom is 0.346 e. The summed E-state index contributed by atoms with van der Waals surface area (Å²) in [6.07, 6.45) is 0. The molecule has 2 N–H and O–H groups in total. The molecule has 45 heavy (non-hydrogen) atoms. The number of aromatic carboxylic acids is 2. The standard InChI is InChI=1S/C36H22O7S2/c37-33(38)27-13-5-7-15-29(27)44-31-19-17-25(21-9-1-3-11-23(21)31)35(41)43-36(42)26-18-20-32(24-12-4-2-10-22(24)26)45-30-16-8-6-14-28(30)34(39)40/h1-20H,(H,37,38)(H,39,40). The minimum absolute atomic E-state index is 0.170. The van der Waals surface area contributed by atoms with Crippen molar-refractivity contribution >= 4 is 68.9 Å². The van der Waals surface area contributed by atoms with E-state index in [4.69, 9.17) is 4.74 Å². The molecule has 0 aliphatic rings. The van der Waals surface area contributed by atoms with Gasteiger partial charge < -0.3 is 14.9 Å². The molecule has 220 valence electrons. The van der Waals surface area contributed by atoms with Gasteiger partial charge in [-0.3, -0.25) is 0 Å². The highest BCUT2D eigenvalue weighted by Gasteiger charge is 2.22. The zero-order chi connectivity index (χ0) is 31.5. The van der Waals surface area contributed by atoms with Crippen molar-refractivity contribution in [3.05, 3.63) is 144 Å². The summed E-state index contributed by atoms with van der Waals surface area (Å²) in [5.41, 5.74) is 0.722. The molecule has 0 saturated carbocycles. The summed E-state index contributed by atoms with van der Waals surface area (Å²) in [5, 5.41) is 21.7. The van der Waals surface area contributed by atoms with Gasteiger partial charge in [-0.1, -0.05) is 96.3 Å². The Morgan fingerprint density at radius 2 is 0.756 bits per heavy atom. The number of carboxylic acid groups (broad SMARTS) is 2. The van der Waals surface area contributed by atoms with Crippen LogP contribution in [0.1, 0.15) is 41.4 Å². The Morgan fingerprint density at radius 3 is 1.16 bits per heavy atom. The summed E-state index contributed by atoms with van der Waals surface area (Å²) in [6, 6.07) is 34.3. The van der Waals surface area contributed by atoms with Crippen LogP contribution in [-0.4, -0.2) is 34.1 Å². The van der Waals surface area contributed by atoms with E-state index in [-0.39, 0.29) is 22.3 Å². The van der Waals surface area contributed by atoms with Crippen molar-refractivity contribution in [2.75, 3.05) is 0 Å². The van der Waals surface area contributed by atoms with E-state index < -0.39 is 23.9 Å². The van der Waals surface area contributed by atoms with Crippen LogP contribution in [0, 0.1) is 0 Å². The maximum atomic E-state index is 13.4. The largest absolute Gasteiger partial charge is 0.478 e. The molecule has 0 aliphatic carbocycles. The van der Waals surface area contributed by atoms with Gasteiger partial charge in [-0.15, -0.1) is 0 Å². The molecule has 7 nitrogen and oxygen atoms in total. The molecule has 0 spiro atoms. The molecular weight excluding hydrogens is 609 g/mol. The monoisotopic (exact) mass is 630 g/mol. The lowest BCUT2D eigenvalue weighted by Crippen LogP contribution is -2.14. The first-order chi connectivity index (χ1) is 21.8. The number of carboxylic acids is 2. The first-order valence-electron chi connectivity index (χ1n) is 13.6. The summed E-state index contributed by atoms with van der Waals surface area (Å²) in [7, 11) is 0. The Kier molecular flexibility index (Phi) is 8.37. The number of hydrogen-bond acceptors (Lipinski definition) is 7. The third-order valence-corrected chi connectivity index (χ3v) is 9.37. The Morgan fingerprint density at radius 1 is 0.400 bits per heavy atom. The number of carbonyl (C=O) groups excluding carboxylic acids is 2. The van der Waals surface area contributed by atoms with Gasteiger partial charge in [-0.2, -0.15) is 0 Å². The summed E-state index contributed by atoms with van der Waals surface area (Å²) < 4.78 is 5.41. The number of rotatable bonds is 8. The highest BCUT2D eigenvalue weighted by atomic mass is 32.2. The third kappa shape index (κ3) is 6.04. The van der Waals surface area contributed by atoms with Crippen molar-refractivity contribution < 1.29 is 34.1 Å². The van der Waals surface area contributed by atoms with Crippen LogP contribution in [0.15, 0.2) is 141 Å². The maximum absolute atomic E-state index is 13.4. The van der Waals surface area contributed by atoms with Crippen molar-refractivity contribution in [3.8, 4) is 0 Å². The van der Waals surface area contributed by atoms with E-state index in [9.17, 15) is 29.4 Å². The highest BCUT2D eigenvalue weighted by molar-refractivity contribution is 8.00. The SMILES string of the molecule is O=C(O)c1ccccc1Sc1ccc(C(=O)OC(=O)c2ccc(Sc3ccccc3C(=O)O)c3ccccc23)c2ccccc12. The van der Waals surface area contributed by atoms with Crippen LogP contribution in [-0.2, 0) is 4.74 Å². The highest BCUT2D eigenvalue weighted by Crippen LogP contribution is 2.38. The molecule has 0 bridgehead atoms. The molecule has 0 unspecified atom stereocenters. The zero-order valence-corrected chi connectivity index (χ0v) is 24.9. The van der Waals surface area contributed by atoms with E-state index in [0.717, 1.165) is 9.79 Å². The molecule has 9 heteroatoms. The average Bonchev–Trinajstić information content (AvgIpc) is 3.05. The van der Waals surface area contributed by atoms with E-state index in [2.05, 4.69) is 0 Å². The van der Waals surface area contributed by atoms with E-state index in [1.165, 1.54) is 35.7 Å². The van der Waals surface area contributed by atoms with Gasteiger partial charge in [0.2, 0.25) is 0 Å². The van der Waals surface area contributed by atoms with Gasteiger partial charge in [0.15, 0.2) is 0 Å². The van der Waals surface area contributed by atoms with Gasteiger partial charge in [0.1, 0.15) is 0 Å². The van der Waals surface area contributed by atoms with Crippen molar-refractivity contribution in [2.24, 2.45) is 0 Å². The van der Waals surface area contributed by atoms with E-state index in [1.54, 1.807) is 84.9 Å². The van der Waals surface area contributed by atoms with Crippen LogP contribution in [0.25, 0.3) is 21.5 Å². The number of hydrogen-bond donors (Lipinski definition) is 2. The molecule has 6 aromatic rings. The van der Waals surface area contributed by atoms with Crippen molar-refractivity contribution in [1.29, 1.82) is 0 Å². The van der Waals surface area contributed by atoms with Gasteiger partial charge in [-0.05, 0) is 70.1 Å². The van der Waals surface area contributed by atoms with Gasteiger partial charge in [-0.25, -0.2) is 19.2 Å².